The molecular formula is C6H14N2. The second-order valence-corrected chi connectivity index (χ2v) is 2.24. The number of nitrogens with one attached hydrogen (secondary N) is 1. The molecule has 0 aliphatic heterocycles. The maximum absolute atomic E-state index is 3.15. The van der Waals surface area contributed by atoms with Crippen LogP contribution in [0.2, 0.25) is 0 Å². The summed E-state index contributed by atoms with van der Waals surface area (Å²) >= 11 is 0. The van der Waals surface area contributed by atoms with E-state index in [0.29, 0.717) is 0 Å². The molecule has 1 rings (SSSR count). The van der Waals surface area contributed by atoms with Crippen molar-refractivity contribution in [2.24, 2.45) is 0 Å². The molecule has 0 aromatic rings. The molecule has 0 aromatic carbocycles. The van der Waals surface area contributed by atoms with Crippen LogP contribution in [0.15, 0.2) is 0 Å². The van der Waals surface area contributed by atoms with Gasteiger partial charge in [0.1, 0.15) is 0 Å². The van der Waals surface area contributed by atoms with Crippen LogP contribution in [0.25, 0.3) is 0 Å². The lowest BCUT2D eigenvalue weighted by atomic mass is 10.6. The second-order valence-electron chi connectivity index (χ2n) is 2.24. The van der Waals surface area contributed by atoms with E-state index in [9.17, 15) is 0 Å². The largest absolute Gasteiger partial charge is 0.258 e. The number of rotatable bonds is 3. The first-order valence-corrected chi connectivity index (χ1v) is 3.32. The Bertz CT molecular complexity index is 64.9. The van der Waals surface area contributed by atoms with E-state index in [4.69, 9.17) is 0 Å². The van der Waals surface area contributed by atoms with Crippen molar-refractivity contribution in [2.45, 2.75) is 25.8 Å². The van der Waals surface area contributed by atoms with Crippen molar-refractivity contribution in [3.05, 3.63) is 0 Å². The summed E-state index contributed by atoms with van der Waals surface area (Å²) in [6.07, 6.45) is 2.77. The van der Waals surface area contributed by atoms with Gasteiger partial charge in [0, 0.05) is 12.6 Å². The van der Waals surface area contributed by atoms with E-state index < -0.39 is 0 Å². The summed E-state index contributed by atoms with van der Waals surface area (Å²) < 4.78 is 0. The molecule has 0 amide bonds. The Morgan fingerprint density at radius 3 is 2.38 bits per heavy atom. The SMILES string of the molecule is CCN(NC)C1CC1. The third-order valence-electron chi connectivity index (χ3n) is 1.62. The maximum Gasteiger partial charge on any atom is 0.0244 e. The minimum absolute atomic E-state index is 0.852. The van der Waals surface area contributed by atoms with Gasteiger partial charge >= 0.3 is 0 Å². The van der Waals surface area contributed by atoms with Gasteiger partial charge in [-0.3, -0.25) is 5.43 Å². The zero-order valence-electron chi connectivity index (χ0n) is 5.65. The average Bonchev–Trinajstić information content (AvgIpc) is 2.53. The lowest BCUT2D eigenvalue weighted by Crippen LogP contribution is -2.36. The number of hydrogen-bond acceptors (Lipinski definition) is 2. The van der Waals surface area contributed by atoms with E-state index in [1.54, 1.807) is 0 Å². The minimum atomic E-state index is 0.852. The normalized spacial score (nSPS) is 19.9. The lowest BCUT2D eigenvalue weighted by Gasteiger charge is -2.16. The summed E-state index contributed by atoms with van der Waals surface area (Å²) in [6, 6.07) is 0.852. The van der Waals surface area contributed by atoms with Crippen LogP contribution in [0.5, 0.6) is 0 Å². The van der Waals surface area contributed by atoms with Crippen molar-refractivity contribution in [2.75, 3.05) is 13.6 Å². The van der Waals surface area contributed by atoms with Gasteiger partial charge in [-0.25, -0.2) is 5.01 Å². The predicted octanol–water partition coefficient (Wildman–Crippen LogP) is 0.605. The highest BCUT2D eigenvalue weighted by molar-refractivity contribution is 4.81. The highest BCUT2D eigenvalue weighted by atomic mass is 15.5. The van der Waals surface area contributed by atoms with E-state index in [1.807, 2.05) is 7.05 Å². The van der Waals surface area contributed by atoms with Gasteiger partial charge in [0.25, 0.3) is 0 Å². The molecule has 1 aliphatic carbocycles. The Morgan fingerprint density at radius 1 is 1.62 bits per heavy atom. The molecule has 2 heteroatoms. The fraction of sp³-hybridized carbons (Fsp3) is 1.00. The van der Waals surface area contributed by atoms with Gasteiger partial charge < -0.3 is 0 Å². The van der Waals surface area contributed by atoms with Gasteiger partial charge in [-0.1, -0.05) is 6.92 Å². The number of nitrogens with zero attached hydrogens (tertiary/aromatic N) is 1. The Morgan fingerprint density at radius 2 is 2.25 bits per heavy atom. The molecule has 2 nitrogen and oxygen atoms in total. The smallest absolute Gasteiger partial charge is 0.0244 e. The van der Waals surface area contributed by atoms with Crippen LogP contribution in [0.3, 0.4) is 0 Å². The van der Waals surface area contributed by atoms with Crippen molar-refractivity contribution in [1.29, 1.82) is 0 Å². The van der Waals surface area contributed by atoms with Gasteiger partial charge in [-0.2, -0.15) is 0 Å². The molecule has 0 radical (unpaired) electrons. The number of hydrazine groups is 1. The third kappa shape index (κ3) is 1.20. The van der Waals surface area contributed by atoms with Crippen molar-refractivity contribution < 1.29 is 0 Å². The highest BCUT2D eigenvalue weighted by Gasteiger charge is 2.26. The van der Waals surface area contributed by atoms with E-state index in [0.717, 1.165) is 12.6 Å². The molecule has 0 unspecified atom stereocenters. The van der Waals surface area contributed by atoms with Crippen LogP contribution >= 0.6 is 0 Å². The molecule has 0 bridgehead atoms. The van der Waals surface area contributed by atoms with Gasteiger partial charge in [0.05, 0.1) is 0 Å². The van der Waals surface area contributed by atoms with E-state index in [2.05, 4.69) is 17.4 Å². The molecular weight excluding hydrogens is 100 g/mol. The van der Waals surface area contributed by atoms with Crippen LogP contribution < -0.4 is 5.43 Å². The first kappa shape index (κ1) is 6.05. The standard InChI is InChI=1S/C6H14N2/c1-3-8(7-2)6-4-5-6/h6-7H,3-5H2,1-2H3. The highest BCUT2D eigenvalue weighted by Crippen LogP contribution is 2.24. The molecule has 0 atom stereocenters. The molecule has 0 heterocycles. The molecule has 1 saturated carbocycles. The van der Waals surface area contributed by atoms with Gasteiger partial charge in [-0.15, -0.1) is 0 Å². The molecule has 48 valence electrons. The van der Waals surface area contributed by atoms with Gasteiger partial charge in [0.2, 0.25) is 0 Å². The summed E-state index contributed by atoms with van der Waals surface area (Å²) in [7, 11) is 1.99. The molecule has 1 N–H and O–H groups in total. The molecule has 1 fully saturated rings. The first-order chi connectivity index (χ1) is 3.88. The van der Waals surface area contributed by atoms with Crippen LogP contribution in [0.1, 0.15) is 19.8 Å². The van der Waals surface area contributed by atoms with Crippen molar-refractivity contribution >= 4 is 0 Å². The van der Waals surface area contributed by atoms with Crippen LogP contribution in [-0.2, 0) is 0 Å². The monoisotopic (exact) mass is 114 g/mol. The summed E-state index contributed by atoms with van der Waals surface area (Å²) in [4.78, 5) is 0. The van der Waals surface area contributed by atoms with E-state index in [-0.39, 0.29) is 0 Å². The molecule has 1 aliphatic rings. The van der Waals surface area contributed by atoms with E-state index >= 15 is 0 Å². The Kier molecular flexibility index (Phi) is 1.86. The summed E-state index contributed by atoms with van der Waals surface area (Å²) in [5.74, 6) is 0. The Hall–Kier alpha value is -0.0800. The Balaban J connectivity index is 2.15. The second kappa shape index (κ2) is 2.46. The van der Waals surface area contributed by atoms with Gasteiger partial charge in [-0.05, 0) is 19.9 Å². The minimum Gasteiger partial charge on any atom is -0.258 e. The zero-order chi connectivity index (χ0) is 5.98. The molecule has 0 saturated heterocycles. The fourth-order valence-electron chi connectivity index (χ4n) is 0.985. The van der Waals surface area contributed by atoms with Crippen LogP contribution in [-0.4, -0.2) is 24.6 Å². The van der Waals surface area contributed by atoms with Gasteiger partial charge in [0.15, 0.2) is 0 Å². The average molecular weight is 114 g/mol. The predicted molar refractivity (Wildman–Crippen MR) is 34.5 cm³/mol. The lowest BCUT2D eigenvalue weighted by molar-refractivity contribution is 0.208. The summed E-state index contributed by atoms with van der Waals surface area (Å²) in [6.45, 7) is 3.30. The fourth-order valence-corrected chi connectivity index (χ4v) is 0.985. The molecule has 8 heavy (non-hydrogen) atoms. The first-order valence-electron chi connectivity index (χ1n) is 3.32. The topological polar surface area (TPSA) is 15.3 Å². The van der Waals surface area contributed by atoms with Crippen molar-refractivity contribution in [1.82, 2.24) is 10.4 Å². The van der Waals surface area contributed by atoms with Crippen LogP contribution in [0.4, 0.5) is 0 Å². The Labute approximate surface area is 50.8 Å². The molecule has 0 aromatic heterocycles. The van der Waals surface area contributed by atoms with Crippen LogP contribution in [0, 0.1) is 0 Å². The number of hydrogen-bond donors (Lipinski definition) is 1. The molecule has 0 spiro atoms. The van der Waals surface area contributed by atoms with E-state index in [1.165, 1.54) is 12.8 Å². The summed E-state index contributed by atoms with van der Waals surface area (Å²) in [5, 5.41) is 2.28. The maximum atomic E-state index is 3.15. The van der Waals surface area contributed by atoms with Crippen molar-refractivity contribution in [3.63, 3.8) is 0 Å². The van der Waals surface area contributed by atoms with Crippen molar-refractivity contribution in [3.8, 4) is 0 Å². The zero-order valence-corrected chi connectivity index (χ0v) is 5.65. The third-order valence-corrected chi connectivity index (χ3v) is 1.62. The summed E-state index contributed by atoms with van der Waals surface area (Å²) in [5.41, 5.74) is 3.15. The quantitative estimate of drug-likeness (QED) is 0.541.